The van der Waals surface area contributed by atoms with Crippen molar-refractivity contribution in [2.24, 2.45) is 5.92 Å². The molecule has 0 aromatic carbocycles. The average molecular weight is 150 g/mol. The molecule has 4 heteroatoms. The van der Waals surface area contributed by atoms with Crippen LogP contribution in [-0.4, -0.2) is 21.2 Å². The van der Waals surface area contributed by atoms with Gasteiger partial charge in [0, 0.05) is 6.54 Å². The summed E-state index contributed by atoms with van der Waals surface area (Å²) in [6.45, 7) is 4.25. The van der Waals surface area contributed by atoms with Crippen LogP contribution in [0.5, 0.6) is 0 Å². The Bertz CT molecular complexity index is 160. The van der Waals surface area contributed by atoms with Gasteiger partial charge in [0.1, 0.15) is 0 Å². The van der Waals surface area contributed by atoms with Gasteiger partial charge in [-0.25, -0.2) is 8.42 Å². The highest BCUT2D eigenvalue weighted by Crippen LogP contribution is 1.89. The second-order valence-corrected chi connectivity index (χ2v) is 4.16. The lowest BCUT2D eigenvalue weighted by Crippen LogP contribution is -2.18. The van der Waals surface area contributed by atoms with Crippen LogP contribution >= 0.6 is 0 Å². The summed E-state index contributed by atoms with van der Waals surface area (Å²) in [4.78, 5) is 0. The number of rotatable bonds is 3. The average Bonchev–Trinajstić information content (AvgIpc) is 1.59. The van der Waals surface area contributed by atoms with E-state index in [4.69, 9.17) is 0 Å². The molecule has 0 aliphatic carbocycles. The largest absolute Gasteiger partial charge is 0.225 e. The third kappa shape index (κ3) is 7.91. The molecular weight excluding hydrogens is 138 g/mol. The van der Waals surface area contributed by atoms with E-state index >= 15 is 0 Å². The highest BCUT2D eigenvalue weighted by atomic mass is 32.2. The van der Waals surface area contributed by atoms with Gasteiger partial charge >= 0.3 is 0 Å². The molecular formula is C5H12NO2S. The van der Waals surface area contributed by atoms with E-state index in [1.54, 1.807) is 0 Å². The van der Waals surface area contributed by atoms with Crippen molar-refractivity contribution in [2.45, 2.75) is 13.8 Å². The molecule has 0 aromatic heterocycles. The van der Waals surface area contributed by atoms with Crippen LogP contribution < -0.4 is 4.72 Å². The van der Waals surface area contributed by atoms with Gasteiger partial charge in [-0.1, -0.05) is 13.8 Å². The highest BCUT2D eigenvalue weighted by molar-refractivity contribution is 7.88. The molecule has 0 saturated heterocycles. The van der Waals surface area contributed by atoms with Crippen molar-refractivity contribution in [1.29, 1.82) is 0 Å². The first-order valence-electron chi connectivity index (χ1n) is 2.80. The summed E-state index contributed by atoms with van der Waals surface area (Å²) in [5.74, 6) is 0.319. The monoisotopic (exact) mass is 150 g/mol. The van der Waals surface area contributed by atoms with Crippen LogP contribution in [0.3, 0.4) is 0 Å². The first-order chi connectivity index (χ1) is 3.92. The first-order valence-corrected chi connectivity index (χ1v) is 4.65. The number of hydrogen-bond donors (Lipinski definition) is 0. The van der Waals surface area contributed by atoms with Crippen LogP contribution in [0.4, 0.5) is 0 Å². The van der Waals surface area contributed by atoms with Crippen molar-refractivity contribution in [2.75, 3.05) is 12.8 Å². The zero-order chi connectivity index (χ0) is 7.49. The van der Waals surface area contributed by atoms with Gasteiger partial charge in [-0.05, 0) is 5.92 Å². The molecule has 3 nitrogen and oxygen atoms in total. The van der Waals surface area contributed by atoms with Crippen LogP contribution in [0, 0.1) is 5.92 Å². The van der Waals surface area contributed by atoms with E-state index in [9.17, 15) is 8.42 Å². The van der Waals surface area contributed by atoms with Crippen molar-refractivity contribution in [1.82, 2.24) is 4.72 Å². The molecule has 9 heavy (non-hydrogen) atoms. The van der Waals surface area contributed by atoms with Crippen LogP contribution in [-0.2, 0) is 10.0 Å². The smallest absolute Gasteiger partial charge is 0.211 e. The Hall–Kier alpha value is -0.0900. The van der Waals surface area contributed by atoms with Crippen molar-refractivity contribution in [3.63, 3.8) is 0 Å². The Kier molecular flexibility index (Phi) is 3.14. The van der Waals surface area contributed by atoms with Crippen molar-refractivity contribution in [3.05, 3.63) is 0 Å². The Labute approximate surface area is 56.5 Å². The minimum atomic E-state index is -3.09. The highest BCUT2D eigenvalue weighted by Gasteiger charge is 2.02. The Morgan fingerprint density at radius 1 is 1.44 bits per heavy atom. The van der Waals surface area contributed by atoms with Crippen molar-refractivity contribution >= 4 is 10.0 Å². The predicted molar refractivity (Wildman–Crippen MR) is 36.7 cm³/mol. The molecule has 1 radical (unpaired) electrons. The zero-order valence-electron chi connectivity index (χ0n) is 5.96. The minimum absolute atomic E-state index is 0.319. The topological polar surface area (TPSA) is 48.2 Å². The maximum atomic E-state index is 10.4. The Balaban J connectivity index is 3.53. The molecule has 0 spiro atoms. The van der Waals surface area contributed by atoms with Crippen molar-refractivity contribution in [3.8, 4) is 0 Å². The van der Waals surface area contributed by atoms with Crippen molar-refractivity contribution < 1.29 is 8.42 Å². The van der Waals surface area contributed by atoms with Crippen LogP contribution in [0.2, 0.25) is 0 Å². The Morgan fingerprint density at radius 3 is 2.00 bits per heavy atom. The second-order valence-electron chi connectivity index (χ2n) is 2.44. The van der Waals surface area contributed by atoms with E-state index < -0.39 is 10.0 Å². The molecule has 0 atom stereocenters. The molecule has 0 bridgehead atoms. The van der Waals surface area contributed by atoms with Crippen LogP contribution in [0.15, 0.2) is 0 Å². The number of nitrogens with zero attached hydrogens (tertiary/aromatic N) is 1. The summed E-state index contributed by atoms with van der Waals surface area (Å²) in [6, 6.07) is 0. The summed E-state index contributed by atoms with van der Waals surface area (Å²) in [7, 11) is -3.09. The van der Waals surface area contributed by atoms with Gasteiger partial charge in [0.25, 0.3) is 0 Å². The second kappa shape index (κ2) is 3.17. The summed E-state index contributed by atoms with van der Waals surface area (Å²) in [6.07, 6.45) is 1.11. The van der Waals surface area contributed by atoms with E-state index in [0.717, 1.165) is 6.26 Å². The fourth-order valence-corrected chi connectivity index (χ4v) is 0.853. The lowest BCUT2D eigenvalue weighted by Gasteiger charge is -2.00. The molecule has 0 aliphatic rings. The van der Waals surface area contributed by atoms with E-state index in [1.807, 2.05) is 13.8 Å². The van der Waals surface area contributed by atoms with Gasteiger partial charge in [0.2, 0.25) is 10.0 Å². The van der Waals surface area contributed by atoms with Gasteiger partial charge in [0.05, 0.1) is 6.26 Å². The molecule has 0 N–H and O–H groups in total. The molecule has 0 heterocycles. The minimum Gasteiger partial charge on any atom is -0.211 e. The maximum absolute atomic E-state index is 10.4. The maximum Gasteiger partial charge on any atom is 0.225 e. The third-order valence-corrected chi connectivity index (χ3v) is 1.29. The SMILES string of the molecule is CC(C)C[N]S(C)(=O)=O. The molecule has 0 amide bonds. The normalized spacial score (nSPS) is 12.4. The molecule has 0 rings (SSSR count). The van der Waals surface area contributed by atoms with E-state index in [2.05, 4.69) is 4.72 Å². The molecule has 0 fully saturated rings. The lowest BCUT2D eigenvalue weighted by molar-refractivity contribution is 0.562. The predicted octanol–water partition coefficient (Wildman–Crippen LogP) is 0.206. The zero-order valence-corrected chi connectivity index (χ0v) is 6.77. The summed E-state index contributed by atoms with van der Waals surface area (Å²) < 4.78 is 24.2. The number of sulfonamides is 1. The fraction of sp³-hybridized carbons (Fsp3) is 1.00. The van der Waals surface area contributed by atoms with Gasteiger partial charge in [0.15, 0.2) is 0 Å². The lowest BCUT2D eigenvalue weighted by atomic mass is 10.2. The molecule has 0 saturated carbocycles. The van der Waals surface area contributed by atoms with Crippen LogP contribution in [0.25, 0.3) is 0 Å². The molecule has 55 valence electrons. The Morgan fingerprint density at radius 2 is 1.89 bits per heavy atom. The molecule has 0 unspecified atom stereocenters. The summed E-state index contributed by atoms with van der Waals surface area (Å²) in [5, 5.41) is 0. The fourth-order valence-electron chi connectivity index (χ4n) is 0.284. The van der Waals surface area contributed by atoms with Gasteiger partial charge in [-0.2, -0.15) is 0 Å². The van der Waals surface area contributed by atoms with E-state index in [1.165, 1.54) is 0 Å². The van der Waals surface area contributed by atoms with Gasteiger partial charge in [-0.15, -0.1) is 4.72 Å². The van der Waals surface area contributed by atoms with Gasteiger partial charge in [-0.3, -0.25) is 0 Å². The standard InChI is InChI=1S/C5H12NO2S/c1-5(2)4-6-9(3,7)8/h5H,4H2,1-3H3. The van der Waals surface area contributed by atoms with E-state index in [0.29, 0.717) is 12.5 Å². The van der Waals surface area contributed by atoms with Gasteiger partial charge < -0.3 is 0 Å². The van der Waals surface area contributed by atoms with Crippen LogP contribution in [0.1, 0.15) is 13.8 Å². The first kappa shape index (κ1) is 8.91. The molecule has 0 aliphatic heterocycles. The summed E-state index contributed by atoms with van der Waals surface area (Å²) >= 11 is 0. The van der Waals surface area contributed by atoms with E-state index in [-0.39, 0.29) is 0 Å². The molecule has 0 aromatic rings. The summed E-state index contributed by atoms with van der Waals surface area (Å²) in [5.41, 5.74) is 0. The third-order valence-electron chi connectivity index (χ3n) is 0.674. The quantitative estimate of drug-likeness (QED) is 0.577. The number of hydrogen-bond acceptors (Lipinski definition) is 2.